The summed E-state index contributed by atoms with van der Waals surface area (Å²) in [5, 5.41) is 0. The van der Waals surface area contributed by atoms with Crippen molar-refractivity contribution in [1.29, 1.82) is 0 Å². The highest BCUT2D eigenvalue weighted by atomic mass is 32.2. The molecule has 0 aromatic heterocycles. The Kier molecular flexibility index (Phi) is 7.22. The Balaban J connectivity index is 2.06. The number of esters is 1. The molecule has 1 N–H and O–H groups in total. The number of sulfonamides is 1. The van der Waals surface area contributed by atoms with Crippen LogP contribution in [-0.4, -0.2) is 52.0 Å². The minimum absolute atomic E-state index is 0.0838. The van der Waals surface area contributed by atoms with Crippen LogP contribution in [0.15, 0.2) is 53.4 Å². The molecule has 0 spiro atoms. The van der Waals surface area contributed by atoms with E-state index in [4.69, 9.17) is 9.47 Å². The molecule has 9 heteroatoms. The van der Waals surface area contributed by atoms with Gasteiger partial charge in [-0.25, -0.2) is 13.2 Å². The molecule has 2 aromatic carbocycles. The summed E-state index contributed by atoms with van der Waals surface area (Å²) in [4.78, 5) is 25.3. The summed E-state index contributed by atoms with van der Waals surface area (Å²) in [6.07, 6.45) is -0.921. The number of anilines is 1. The lowest BCUT2D eigenvalue weighted by atomic mass is 10.2. The van der Waals surface area contributed by atoms with E-state index in [1.807, 2.05) is 6.92 Å². The monoisotopic (exact) mass is 420 g/mol. The molecule has 0 radical (unpaired) electrons. The molecule has 2 aromatic rings. The number of likely N-dealkylation sites (N-methyl/N-ethyl adjacent to an activating group) is 1. The first kappa shape index (κ1) is 22.2. The number of hydrogen-bond donors (Lipinski definition) is 1. The number of nitrogens with one attached hydrogen (secondary N) is 1. The van der Waals surface area contributed by atoms with Gasteiger partial charge in [0.2, 0.25) is 0 Å². The van der Waals surface area contributed by atoms with Crippen LogP contribution in [0.1, 0.15) is 24.2 Å². The molecule has 0 heterocycles. The number of rotatable bonds is 8. The molecule has 0 saturated carbocycles. The Labute approximate surface area is 170 Å². The number of benzene rings is 2. The maximum Gasteiger partial charge on any atom is 0.338 e. The van der Waals surface area contributed by atoms with E-state index in [0.29, 0.717) is 12.4 Å². The second-order valence-electron chi connectivity index (χ2n) is 6.37. The van der Waals surface area contributed by atoms with Crippen molar-refractivity contribution in [2.24, 2.45) is 0 Å². The van der Waals surface area contributed by atoms with E-state index in [1.165, 1.54) is 48.2 Å². The standard InChI is InChI=1S/C20H24N2O6S/c1-5-27-17-10-12-18(13-11-17)29(25,26)21-16-8-6-15(7-9-16)20(24)28-14(2)19(23)22(3)4/h6-14,21H,5H2,1-4H3/t14-/m1/s1. The van der Waals surface area contributed by atoms with Gasteiger partial charge in [-0.05, 0) is 62.4 Å². The molecule has 0 aliphatic rings. The predicted molar refractivity (Wildman–Crippen MR) is 108 cm³/mol. The van der Waals surface area contributed by atoms with Gasteiger partial charge < -0.3 is 14.4 Å². The zero-order valence-corrected chi connectivity index (χ0v) is 17.5. The van der Waals surface area contributed by atoms with Crippen LogP contribution in [-0.2, 0) is 19.6 Å². The van der Waals surface area contributed by atoms with Crippen LogP contribution in [0, 0.1) is 0 Å². The average molecular weight is 420 g/mol. The van der Waals surface area contributed by atoms with E-state index in [2.05, 4.69) is 4.72 Å². The van der Waals surface area contributed by atoms with Crippen molar-refractivity contribution in [2.45, 2.75) is 24.8 Å². The van der Waals surface area contributed by atoms with Gasteiger partial charge in [0.1, 0.15) is 5.75 Å². The summed E-state index contributed by atoms with van der Waals surface area (Å²) in [6.45, 7) is 3.81. The molecule has 1 atom stereocenters. The van der Waals surface area contributed by atoms with Crippen LogP contribution in [0.5, 0.6) is 5.75 Å². The fourth-order valence-electron chi connectivity index (χ4n) is 2.41. The zero-order valence-electron chi connectivity index (χ0n) is 16.7. The molecule has 0 aliphatic heterocycles. The number of ether oxygens (including phenoxy) is 2. The molecule has 0 aliphatic carbocycles. The molecule has 1 amide bonds. The van der Waals surface area contributed by atoms with Crippen molar-refractivity contribution in [1.82, 2.24) is 4.90 Å². The summed E-state index contributed by atoms with van der Waals surface area (Å²) >= 11 is 0. The second kappa shape index (κ2) is 9.42. The summed E-state index contributed by atoms with van der Waals surface area (Å²) in [5.74, 6) is -0.428. The normalized spacial score (nSPS) is 12.0. The second-order valence-corrected chi connectivity index (χ2v) is 8.05. The highest BCUT2D eigenvalue weighted by Crippen LogP contribution is 2.20. The summed E-state index contributed by atoms with van der Waals surface area (Å²) in [7, 11) is -0.655. The van der Waals surface area contributed by atoms with Crippen LogP contribution in [0.4, 0.5) is 5.69 Å². The Hall–Kier alpha value is -3.07. The Bertz CT molecular complexity index is 953. The van der Waals surface area contributed by atoms with Crippen molar-refractivity contribution < 1.29 is 27.5 Å². The first-order valence-electron chi connectivity index (χ1n) is 8.92. The molecule has 0 saturated heterocycles. The Morgan fingerprint density at radius 2 is 1.62 bits per heavy atom. The van der Waals surface area contributed by atoms with Gasteiger partial charge >= 0.3 is 5.97 Å². The molecule has 2 rings (SSSR count). The minimum Gasteiger partial charge on any atom is -0.494 e. The molecule has 0 bridgehead atoms. The smallest absolute Gasteiger partial charge is 0.338 e. The van der Waals surface area contributed by atoms with E-state index in [1.54, 1.807) is 26.2 Å². The molecular weight excluding hydrogens is 396 g/mol. The van der Waals surface area contributed by atoms with Crippen molar-refractivity contribution in [2.75, 3.05) is 25.4 Å². The van der Waals surface area contributed by atoms with Gasteiger partial charge in [0.05, 0.1) is 17.1 Å². The molecule has 0 unspecified atom stereocenters. The van der Waals surface area contributed by atoms with Gasteiger partial charge in [-0.1, -0.05) is 0 Å². The number of hydrogen-bond acceptors (Lipinski definition) is 6. The first-order valence-corrected chi connectivity index (χ1v) is 10.4. The van der Waals surface area contributed by atoms with Crippen LogP contribution >= 0.6 is 0 Å². The van der Waals surface area contributed by atoms with Crippen molar-refractivity contribution >= 4 is 27.6 Å². The van der Waals surface area contributed by atoms with Crippen LogP contribution in [0.2, 0.25) is 0 Å². The largest absolute Gasteiger partial charge is 0.494 e. The maximum absolute atomic E-state index is 12.5. The van der Waals surface area contributed by atoms with E-state index in [-0.39, 0.29) is 22.1 Å². The fourth-order valence-corrected chi connectivity index (χ4v) is 3.47. The van der Waals surface area contributed by atoms with Crippen molar-refractivity contribution in [3.63, 3.8) is 0 Å². The van der Waals surface area contributed by atoms with Crippen molar-refractivity contribution in [3.8, 4) is 5.75 Å². The van der Waals surface area contributed by atoms with Gasteiger partial charge in [0.15, 0.2) is 6.10 Å². The van der Waals surface area contributed by atoms with Crippen LogP contribution < -0.4 is 9.46 Å². The van der Waals surface area contributed by atoms with Gasteiger partial charge in [-0.3, -0.25) is 9.52 Å². The molecule has 29 heavy (non-hydrogen) atoms. The fraction of sp³-hybridized carbons (Fsp3) is 0.300. The number of nitrogens with zero attached hydrogens (tertiary/aromatic N) is 1. The lowest BCUT2D eigenvalue weighted by molar-refractivity contribution is -0.137. The van der Waals surface area contributed by atoms with Gasteiger partial charge in [0.25, 0.3) is 15.9 Å². The topological polar surface area (TPSA) is 102 Å². The molecule has 156 valence electrons. The van der Waals surface area contributed by atoms with E-state index in [0.717, 1.165) is 0 Å². The van der Waals surface area contributed by atoms with Crippen molar-refractivity contribution in [3.05, 3.63) is 54.1 Å². The van der Waals surface area contributed by atoms with Gasteiger partial charge in [-0.15, -0.1) is 0 Å². The Morgan fingerprint density at radius 3 is 2.14 bits per heavy atom. The minimum atomic E-state index is -3.79. The third kappa shape index (κ3) is 5.95. The molecule has 0 fully saturated rings. The highest BCUT2D eigenvalue weighted by molar-refractivity contribution is 7.92. The quantitative estimate of drug-likeness (QED) is 0.659. The maximum atomic E-state index is 12.5. The van der Waals surface area contributed by atoms with Crippen LogP contribution in [0.25, 0.3) is 0 Å². The number of carbonyl (C=O) groups excluding carboxylic acids is 2. The summed E-state index contributed by atoms with van der Waals surface area (Å²) in [6, 6.07) is 11.8. The summed E-state index contributed by atoms with van der Waals surface area (Å²) in [5.41, 5.74) is 0.486. The number of carbonyl (C=O) groups is 2. The highest BCUT2D eigenvalue weighted by Gasteiger charge is 2.20. The van der Waals surface area contributed by atoms with Gasteiger partial charge in [0, 0.05) is 19.8 Å². The van der Waals surface area contributed by atoms with E-state index in [9.17, 15) is 18.0 Å². The zero-order chi connectivity index (χ0) is 21.6. The lowest BCUT2D eigenvalue weighted by Crippen LogP contribution is -2.34. The third-order valence-electron chi connectivity index (χ3n) is 3.89. The van der Waals surface area contributed by atoms with E-state index < -0.39 is 22.1 Å². The third-order valence-corrected chi connectivity index (χ3v) is 5.29. The van der Waals surface area contributed by atoms with E-state index >= 15 is 0 Å². The first-order chi connectivity index (χ1) is 13.6. The number of amides is 1. The van der Waals surface area contributed by atoms with Gasteiger partial charge in [-0.2, -0.15) is 0 Å². The molecular formula is C20H24N2O6S. The SMILES string of the molecule is CCOc1ccc(S(=O)(=O)Nc2ccc(C(=O)O[C@H](C)C(=O)N(C)C)cc2)cc1. The summed E-state index contributed by atoms with van der Waals surface area (Å²) < 4.78 is 37.8. The lowest BCUT2D eigenvalue weighted by Gasteiger charge is -2.17. The van der Waals surface area contributed by atoms with Crippen LogP contribution in [0.3, 0.4) is 0 Å². The predicted octanol–water partition coefficient (Wildman–Crippen LogP) is 2.52. The molecule has 8 nitrogen and oxygen atoms in total. The average Bonchev–Trinajstić information content (AvgIpc) is 2.68. The Morgan fingerprint density at radius 1 is 1.03 bits per heavy atom.